The lowest BCUT2D eigenvalue weighted by molar-refractivity contribution is -0.357. The van der Waals surface area contributed by atoms with Crippen LogP contribution in [0.2, 0.25) is 0 Å². The topological polar surface area (TPSA) is 232 Å². The number of carbonyl (C=O) groups is 7. The molecule has 0 radical (unpaired) electrons. The Kier molecular flexibility index (Phi) is 13.4. The Morgan fingerprint density at radius 3 is 1.27 bits per heavy atom. The second-order valence-corrected chi connectivity index (χ2v) is 9.68. The van der Waals surface area contributed by atoms with Gasteiger partial charge in [-0.3, -0.25) is 33.6 Å². The van der Waals surface area contributed by atoms with E-state index in [9.17, 15) is 38.7 Å². The summed E-state index contributed by atoms with van der Waals surface area (Å²) in [6.45, 7) is 6.11. The maximum Gasteiger partial charge on any atom is 0.303 e. The molecule has 0 aromatic rings. The largest absolute Gasteiger partial charge is 0.463 e. The number of esters is 7. The number of aliphatic hydroxyl groups excluding tert-OH is 1. The van der Waals surface area contributed by atoms with E-state index in [4.69, 9.17) is 47.4 Å². The van der Waals surface area contributed by atoms with E-state index in [0.717, 1.165) is 48.5 Å². The molecule has 18 nitrogen and oxygen atoms in total. The zero-order valence-corrected chi connectivity index (χ0v) is 25.1. The van der Waals surface area contributed by atoms with E-state index >= 15 is 0 Å². The first-order valence-corrected chi connectivity index (χ1v) is 13.3. The normalized spacial score (nSPS) is 31.5. The number of hydrogen-bond donors (Lipinski definition) is 1. The molecular weight excluding hydrogens is 600 g/mol. The number of hydrogen-bond acceptors (Lipinski definition) is 18. The number of carbonyl (C=O) groups excluding carboxylic acids is 7. The summed E-state index contributed by atoms with van der Waals surface area (Å²) < 4.78 is 54.1. The molecule has 2 aliphatic rings. The van der Waals surface area contributed by atoms with Crippen molar-refractivity contribution in [3.8, 4) is 0 Å². The highest BCUT2D eigenvalue weighted by atomic mass is 16.8. The van der Waals surface area contributed by atoms with Crippen LogP contribution in [0.15, 0.2) is 0 Å². The zero-order chi connectivity index (χ0) is 33.3. The Labute approximate surface area is 251 Å². The van der Waals surface area contributed by atoms with Crippen LogP contribution in [0.25, 0.3) is 0 Å². The van der Waals surface area contributed by atoms with E-state index in [0.29, 0.717) is 0 Å². The van der Waals surface area contributed by atoms with E-state index in [1.165, 1.54) is 0 Å². The summed E-state index contributed by atoms with van der Waals surface area (Å²) in [5.74, 6) is -6.03. The SMILES string of the molecule is CC(=O)OC[C@H]1O[C@H](O[C@H]2[C@H](OC(C)=O)[C@@H](OC(C)=O)[C@H](O)O[C@@H]2COC(C)=O)[C@H](OC(C)=O)[C@@H](OC(C)=O)[C@H]1OC(C)=O. The summed E-state index contributed by atoms with van der Waals surface area (Å²) in [5, 5.41) is 10.6. The van der Waals surface area contributed by atoms with E-state index in [2.05, 4.69) is 0 Å². The molecule has 0 unspecified atom stereocenters. The van der Waals surface area contributed by atoms with Crippen molar-refractivity contribution in [2.75, 3.05) is 13.2 Å². The van der Waals surface area contributed by atoms with Crippen molar-refractivity contribution in [1.29, 1.82) is 0 Å². The van der Waals surface area contributed by atoms with Crippen LogP contribution in [0, 0.1) is 0 Å². The highest BCUT2D eigenvalue weighted by Gasteiger charge is 2.57. The van der Waals surface area contributed by atoms with Gasteiger partial charge in [0.1, 0.15) is 31.5 Å². The standard InChI is InChI=1S/C26H36O18/c1-10(27)35-8-17-20(21(38-13(4)30)23(25(34)42-17)40-15(6)32)44-26-24(41-16(7)33)22(39-14(5)31)19(37-12(3)29)18(43-26)9-36-11(2)28/h17-26,34H,8-9H2,1-7H3/t17-,18-,19+,20-,21+,22+,23-,24-,25-,26-/m1/s1. The minimum absolute atomic E-state index is 0.572. The molecule has 0 aromatic heterocycles. The number of rotatable bonds is 11. The molecule has 44 heavy (non-hydrogen) atoms. The molecule has 0 aromatic carbocycles. The first kappa shape index (κ1) is 36.3. The van der Waals surface area contributed by atoms with Gasteiger partial charge in [-0.1, -0.05) is 0 Å². The van der Waals surface area contributed by atoms with Gasteiger partial charge >= 0.3 is 41.8 Å². The summed E-state index contributed by atoms with van der Waals surface area (Å²) in [4.78, 5) is 83.5. The fraction of sp³-hybridized carbons (Fsp3) is 0.731. The Morgan fingerprint density at radius 2 is 0.841 bits per heavy atom. The minimum Gasteiger partial charge on any atom is -0.463 e. The molecule has 2 aliphatic heterocycles. The monoisotopic (exact) mass is 636 g/mol. The average molecular weight is 637 g/mol. The van der Waals surface area contributed by atoms with Gasteiger partial charge in [-0.2, -0.15) is 0 Å². The van der Waals surface area contributed by atoms with Crippen LogP contribution < -0.4 is 0 Å². The van der Waals surface area contributed by atoms with Gasteiger partial charge < -0.3 is 52.5 Å². The molecule has 10 atom stereocenters. The van der Waals surface area contributed by atoms with E-state index in [1.807, 2.05) is 0 Å². The van der Waals surface area contributed by atoms with Crippen LogP contribution in [-0.2, 0) is 80.9 Å². The predicted octanol–water partition coefficient (Wildman–Crippen LogP) is -1.40. The summed E-state index contributed by atoms with van der Waals surface area (Å²) >= 11 is 0. The number of aliphatic hydroxyl groups is 1. The molecule has 248 valence electrons. The van der Waals surface area contributed by atoms with Gasteiger partial charge in [-0.15, -0.1) is 0 Å². The molecule has 0 spiro atoms. The molecule has 0 amide bonds. The van der Waals surface area contributed by atoms with Gasteiger partial charge in [-0.25, -0.2) is 0 Å². The second kappa shape index (κ2) is 16.3. The highest BCUT2D eigenvalue weighted by Crippen LogP contribution is 2.34. The van der Waals surface area contributed by atoms with E-state index in [-0.39, 0.29) is 0 Å². The van der Waals surface area contributed by atoms with Crippen LogP contribution in [-0.4, -0.2) is 122 Å². The molecule has 0 aliphatic carbocycles. The molecule has 2 heterocycles. The van der Waals surface area contributed by atoms with Gasteiger partial charge in [0.05, 0.1) is 0 Å². The van der Waals surface area contributed by atoms with Crippen molar-refractivity contribution in [3.05, 3.63) is 0 Å². The predicted molar refractivity (Wildman–Crippen MR) is 135 cm³/mol. The molecule has 0 bridgehead atoms. The lowest BCUT2D eigenvalue weighted by atomic mass is 9.96. The van der Waals surface area contributed by atoms with E-state index < -0.39 is 116 Å². The van der Waals surface area contributed by atoms with Crippen molar-refractivity contribution < 1.29 is 86.0 Å². The molecule has 2 fully saturated rings. The third-order valence-corrected chi connectivity index (χ3v) is 5.90. The van der Waals surface area contributed by atoms with Crippen molar-refractivity contribution in [2.45, 2.75) is 110 Å². The molecule has 2 rings (SSSR count). The molecule has 1 N–H and O–H groups in total. The van der Waals surface area contributed by atoms with Crippen LogP contribution >= 0.6 is 0 Å². The van der Waals surface area contributed by atoms with Crippen LogP contribution in [0.5, 0.6) is 0 Å². The average Bonchev–Trinajstić information content (AvgIpc) is 2.87. The van der Waals surface area contributed by atoms with Crippen LogP contribution in [0.1, 0.15) is 48.5 Å². The van der Waals surface area contributed by atoms with Crippen molar-refractivity contribution in [1.82, 2.24) is 0 Å². The van der Waals surface area contributed by atoms with Gasteiger partial charge in [0.2, 0.25) is 0 Å². The molecule has 18 heteroatoms. The Bertz CT molecular complexity index is 1090. The summed E-state index contributed by atoms with van der Waals surface area (Å²) in [7, 11) is 0. The molecule has 2 saturated heterocycles. The molecule has 0 saturated carbocycles. The minimum atomic E-state index is -1.90. The summed E-state index contributed by atoms with van der Waals surface area (Å²) in [6.07, 6.45) is -16.3. The Morgan fingerprint density at radius 1 is 0.477 bits per heavy atom. The third kappa shape index (κ3) is 10.7. The van der Waals surface area contributed by atoms with Crippen LogP contribution in [0.4, 0.5) is 0 Å². The quantitative estimate of drug-likeness (QED) is 0.203. The smallest absolute Gasteiger partial charge is 0.303 e. The fourth-order valence-corrected chi connectivity index (χ4v) is 4.49. The van der Waals surface area contributed by atoms with Crippen LogP contribution in [0.3, 0.4) is 0 Å². The zero-order valence-electron chi connectivity index (χ0n) is 25.1. The Hall–Kier alpha value is -3.87. The van der Waals surface area contributed by atoms with Gasteiger partial charge in [0.25, 0.3) is 0 Å². The van der Waals surface area contributed by atoms with Gasteiger partial charge in [-0.05, 0) is 0 Å². The van der Waals surface area contributed by atoms with Crippen molar-refractivity contribution in [2.24, 2.45) is 0 Å². The fourth-order valence-electron chi connectivity index (χ4n) is 4.49. The first-order valence-electron chi connectivity index (χ1n) is 13.3. The van der Waals surface area contributed by atoms with Crippen molar-refractivity contribution in [3.63, 3.8) is 0 Å². The molecular formula is C26H36O18. The second-order valence-electron chi connectivity index (χ2n) is 9.68. The first-order chi connectivity index (χ1) is 20.5. The van der Waals surface area contributed by atoms with Crippen molar-refractivity contribution >= 4 is 41.8 Å². The van der Waals surface area contributed by atoms with Gasteiger partial charge in [0.15, 0.2) is 43.1 Å². The highest BCUT2D eigenvalue weighted by molar-refractivity contribution is 5.69. The maximum atomic E-state index is 12.2. The Balaban J connectivity index is 2.66. The summed E-state index contributed by atoms with van der Waals surface area (Å²) in [6, 6.07) is 0. The van der Waals surface area contributed by atoms with E-state index in [1.54, 1.807) is 0 Å². The maximum absolute atomic E-state index is 12.2. The third-order valence-electron chi connectivity index (χ3n) is 5.90. The number of ether oxygens (including phenoxy) is 10. The lowest BCUT2D eigenvalue weighted by Gasteiger charge is -2.48. The van der Waals surface area contributed by atoms with Gasteiger partial charge in [0, 0.05) is 48.5 Å². The lowest BCUT2D eigenvalue weighted by Crippen LogP contribution is -2.67. The summed E-state index contributed by atoms with van der Waals surface area (Å²) in [5.41, 5.74) is 0.